The lowest BCUT2D eigenvalue weighted by molar-refractivity contribution is -0.161. The van der Waals surface area contributed by atoms with E-state index in [9.17, 15) is 9.59 Å². The molecule has 92 valence electrons. The molecule has 0 saturated carbocycles. The molecule has 2 unspecified atom stereocenters. The van der Waals surface area contributed by atoms with E-state index in [4.69, 9.17) is 9.47 Å². The summed E-state index contributed by atoms with van der Waals surface area (Å²) >= 11 is 0. The van der Waals surface area contributed by atoms with Gasteiger partial charge in [-0.1, -0.05) is 18.2 Å². The SMILES string of the molecule is O=C1/C=C/C(=O)OC2Nc3ccccc3CC2O1. The third-order valence-corrected chi connectivity index (χ3v) is 2.94. The smallest absolute Gasteiger partial charge is 0.333 e. The van der Waals surface area contributed by atoms with Crippen molar-refractivity contribution < 1.29 is 19.1 Å². The highest BCUT2D eigenvalue weighted by atomic mass is 16.6. The van der Waals surface area contributed by atoms with Gasteiger partial charge in [-0.25, -0.2) is 9.59 Å². The Bertz CT molecular complexity index is 491. The summed E-state index contributed by atoms with van der Waals surface area (Å²) in [6, 6.07) is 7.65. The summed E-state index contributed by atoms with van der Waals surface area (Å²) in [6.45, 7) is 0. The summed E-state index contributed by atoms with van der Waals surface area (Å²) in [5.41, 5.74) is 1.93. The minimum atomic E-state index is -0.638. The van der Waals surface area contributed by atoms with Gasteiger partial charge in [-0.15, -0.1) is 0 Å². The molecule has 5 heteroatoms. The normalized spacial score (nSPS) is 27.6. The summed E-state index contributed by atoms with van der Waals surface area (Å²) in [7, 11) is 0. The second-order valence-electron chi connectivity index (χ2n) is 4.17. The van der Waals surface area contributed by atoms with E-state index in [-0.39, 0.29) is 0 Å². The summed E-state index contributed by atoms with van der Waals surface area (Å²) in [4.78, 5) is 22.8. The molecule has 18 heavy (non-hydrogen) atoms. The van der Waals surface area contributed by atoms with Gasteiger partial charge in [0.05, 0.1) is 0 Å². The molecule has 2 aliphatic heterocycles. The van der Waals surface area contributed by atoms with Gasteiger partial charge in [0.2, 0.25) is 6.23 Å². The maximum absolute atomic E-state index is 11.4. The number of carbonyl (C=O) groups excluding carboxylic acids is 2. The number of carbonyl (C=O) groups is 2. The highest BCUT2D eigenvalue weighted by Gasteiger charge is 2.34. The van der Waals surface area contributed by atoms with Gasteiger partial charge in [-0.05, 0) is 11.6 Å². The molecule has 0 fully saturated rings. The largest absolute Gasteiger partial charge is 0.453 e. The van der Waals surface area contributed by atoms with E-state index in [1.807, 2.05) is 24.3 Å². The molecule has 2 atom stereocenters. The van der Waals surface area contributed by atoms with Gasteiger partial charge in [0.15, 0.2) is 6.10 Å². The van der Waals surface area contributed by atoms with Crippen molar-refractivity contribution in [3.05, 3.63) is 42.0 Å². The van der Waals surface area contributed by atoms with E-state index in [0.717, 1.165) is 23.4 Å². The average Bonchev–Trinajstić information content (AvgIpc) is 2.35. The van der Waals surface area contributed by atoms with Gasteiger partial charge in [0.1, 0.15) is 0 Å². The van der Waals surface area contributed by atoms with E-state index in [1.54, 1.807) is 0 Å². The zero-order valence-corrected chi connectivity index (χ0v) is 9.46. The molecule has 5 nitrogen and oxygen atoms in total. The van der Waals surface area contributed by atoms with Crippen LogP contribution in [0.4, 0.5) is 5.69 Å². The van der Waals surface area contributed by atoms with Crippen molar-refractivity contribution in [2.45, 2.75) is 18.8 Å². The van der Waals surface area contributed by atoms with Crippen LogP contribution < -0.4 is 5.32 Å². The van der Waals surface area contributed by atoms with Crippen LogP contribution in [0, 0.1) is 0 Å². The number of benzene rings is 1. The van der Waals surface area contributed by atoms with Crippen LogP contribution in [0.2, 0.25) is 0 Å². The van der Waals surface area contributed by atoms with Gasteiger partial charge < -0.3 is 14.8 Å². The third-order valence-electron chi connectivity index (χ3n) is 2.94. The topological polar surface area (TPSA) is 64.6 Å². The summed E-state index contributed by atoms with van der Waals surface area (Å²) in [5, 5.41) is 3.06. The molecule has 1 aromatic carbocycles. The van der Waals surface area contributed by atoms with Crippen LogP contribution in [-0.2, 0) is 25.5 Å². The Morgan fingerprint density at radius 3 is 2.61 bits per heavy atom. The van der Waals surface area contributed by atoms with Crippen LogP contribution in [-0.4, -0.2) is 24.3 Å². The van der Waals surface area contributed by atoms with Crippen LogP contribution in [0.15, 0.2) is 36.4 Å². The number of anilines is 1. The number of ether oxygens (including phenoxy) is 2. The van der Waals surface area contributed by atoms with Crippen LogP contribution in [0.25, 0.3) is 0 Å². The van der Waals surface area contributed by atoms with Crippen molar-refractivity contribution in [3.63, 3.8) is 0 Å². The minimum absolute atomic E-state index is 0.499. The lowest BCUT2D eigenvalue weighted by atomic mass is 10.00. The number of nitrogens with one attached hydrogen (secondary N) is 1. The van der Waals surface area contributed by atoms with Crippen molar-refractivity contribution in [3.8, 4) is 0 Å². The summed E-state index contributed by atoms with van der Waals surface area (Å²) in [6.07, 6.45) is 1.54. The lowest BCUT2D eigenvalue weighted by Crippen LogP contribution is -2.45. The van der Waals surface area contributed by atoms with Crippen LogP contribution in [0.1, 0.15) is 5.56 Å². The van der Waals surface area contributed by atoms with Crippen LogP contribution in [0.5, 0.6) is 0 Å². The Balaban J connectivity index is 1.92. The molecule has 0 aliphatic carbocycles. The van der Waals surface area contributed by atoms with Crippen molar-refractivity contribution in [2.24, 2.45) is 0 Å². The summed E-state index contributed by atoms with van der Waals surface area (Å²) in [5.74, 6) is -1.07. The number of hydrogen-bond donors (Lipinski definition) is 1. The summed E-state index contributed by atoms with van der Waals surface area (Å²) < 4.78 is 10.4. The Kier molecular flexibility index (Phi) is 2.51. The first-order valence-electron chi connectivity index (χ1n) is 5.66. The molecule has 2 heterocycles. The van der Waals surface area contributed by atoms with E-state index >= 15 is 0 Å². The first-order valence-corrected chi connectivity index (χ1v) is 5.66. The quantitative estimate of drug-likeness (QED) is 0.691. The monoisotopic (exact) mass is 245 g/mol. The number of hydrogen-bond acceptors (Lipinski definition) is 5. The fourth-order valence-corrected chi connectivity index (χ4v) is 2.11. The van der Waals surface area contributed by atoms with E-state index in [0.29, 0.717) is 6.42 Å². The fourth-order valence-electron chi connectivity index (χ4n) is 2.11. The average molecular weight is 245 g/mol. The first-order chi connectivity index (χ1) is 8.72. The van der Waals surface area contributed by atoms with Crippen molar-refractivity contribution in [1.29, 1.82) is 0 Å². The van der Waals surface area contributed by atoms with Crippen molar-refractivity contribution in [1.82, 2.24) is 0 Å². The molecule has 0 spiro atoms. The lowest BCUT2D eigenvalue weighted by Gasteiger charge is -2.33. The molecule has 2 aliphatic rings. The third kappa shape index (κ3) is 1.95. The maximum Gasteiger partial charge on any atom is 0.333 e. The molecule has 3 rings (SSSR count). The van der Waals surface area contributed by atoms with E-state index < -0.39 is 24.3 Å². The Morgan fingerprint density at radius 2 is 1.78 bits per heavy atom. The van der Waals surface area contributed by atoms with Crippen LogP contribution in [0.3, 0.4) is 0 Å². The van der Waals surface area contributed by atoms with Gasteiger partial charge in [0.25, 0.3) is 0 Å². The van der Waals surface area contributed by atoms with E-state index in [1.165, 1.54) is 0 Å². The zero-order valence-electron chi connectivity index (χ0n) is 9.46. The second-order valence-corrected chi connectivity index (χ2v) is 4.17. The van der Waals surface area contributed by atoms with E-state index in [2.05, 4.69) is 5.32 Å². The van der Waals surface area contributed by atoms with Crippen LogP contribution >= 0.6 is 0 Å². The minimum Gasteiger partial charge on any atom is -0.453 e. The molecule has 0 amide bonds. The number of para-hydroxylation sites is 1. The van der Waals surface area contributed by atoms with Crippen molar-refractivity contribution in [2.75, 3.05) is 5.32 Å². The Labute approximate surface area is 103 Å². The number of rotatable bonds is 0. The molecule has 0 bridgehead atoms. The highest BCUT2D eigenvalue weighted by molar-refractivity contribution is 5.92. The van der Waals surface area contributed by atoms with Gasteiger partial charge >= 0.3 is 11.9 Å². The predicted octanol–water partition coefficient (Wildman–Crippen LogP) is 1.01. The second kappa shape index (κ2) is 4.18. The predicted molar refractivity (Wildman–Crippen MR) is 62.7 cm³/mol. The molecule has 0 radical (unpaired) electrons. The van der Waals surface area contributed by atoms with Gasteiger partial charge in [0, 0.05) is 24.3 Å². The number of esters is 2. The fraction of sp³-hybridized carbons (Fsp3) is 0.231. The van der Waals surface area contributed by atoms with Gasteiger partial charge in [-0.2, -0.15) is 0 Å². The molecular weight excluding hydrogens is 234 g/mol. The van der Waals surface area contributed by atoms with Crippen molar-refractivity contribution >= 4 is 17.6 Å². The van der Waals surface area contributed by atoms with Gasteiger partial charge in [-0.3, -0.25) is 0 Å². The molecule has 0 aromatic heterocycles. The molecule has 1 aromatic rings. The maximum atomic E-state index is 11.4. The Morgan fingerprint density at radius 1 is 1.06 bits per heavy atom. The first kappa shape index (κ1) is 10.8. The molecule has 0 saturated heterocycles. The molecular formula is C13H11NO4. The molecule has 1 N–H and O–H groups in total. The highest BCUT2D eigenvalue weighted by Crippen LogP contribution is 2.27. The Hall–Kier alpha value is -2.30. The number of fused-ring (bicyclic) bond motifs is 2. The standard InChI is InChI=1S/C13H11NO4/c15-11-5-6-12(16)18-13-10(17-11)7-8-3-1-2-4-9(8)14-13/h1-6,10,13-14H,7H2/b6-5+. The zero-order chi connectivity index (χ0) is 12.5.